The molecule has 0 spiro atoms. The molecule has 0 radical (unpaired) electrons. The topological polar surface area (TPSA) is 43.2 Å². The maximum atomic E-state index is 5.27. The van der Waals surface area contributed by atoms with Crippen LogP contribution in [0.1, 0.15) is 6.92 Å². The molecule has 3 aromatic heterocycles. The zero-order valence-corrected chi connectivity index (χ0v) is 18.0. The summed E-state index contributed by atoms with van der Waals surface area (Å²) < 4.78 is 7.60. The third-order valence-corrected chi connectivity index (χ3v) is 5.29. The van der Waals surface area contributed by atoms with Crippen LogP contribution in [0.4, 0.5) is 0 Å². The third-order valence-electron chi connectivity index (χ3n) is 5.29. The van der Waals surface area contributed by atoms with Crippen molar-refractivity contribution >= 4 is 11.0 Å². The molecule has 1 aromatic carbocycles. The number of hydrogen-bond donors (Lipinski definition) is 0. The summed E-state index contributed by atoms with van der Waals surface area (Å²) in [4.78, 5) is 11.5. The Kier molecular flexibility index (Phi) is 5.81. The largest absolute Gasteiger partial charge is 0.497 e. The standard InChI is InChI=1S/C25H28N4O/c1-18(15-28(2)3)16-29-17-23(25-24(29)6-5-11-27-25)21-12-20(13-26-14-21)19-7-9-22(30-4)10-8-19/h5-14,17-18H,15-16H2,1-4H3. The Balaban J connectivity index is 1.72. The Morgan fingerprint density at radius 3 is 2.53 bits per heavy atom. The first-order valence-corrected chi connectivity index (χ1v) is 10.2. The van der Waals surface area contributed by atoms with Crippen LogP contribution in [0.15, 0.2) is 67.3 Å². The number of methoxy groups -OCH3 is 1. The maximum absolute atomic E-state index is 5.27. The lowest BCUT2D eigenvalue weighted by molar-refractivity contribution is 0.318. The van der Waals surface area contributed by atoms with Crippen molar-refractivity contribution < 1.29 is 4.74 Å². The predicted molar refractivity (Wildman–Crippen MR) is 123 cm³/mol. The normalized spacial score (nSPS) is 12.4. The summed E-state index contributed by atoms with van der Waals surface area (Å²) in [5.74, 6) is 1.38. The molecule has 0 aliphatic rings. The fraction of sp³-hybridized carbons (Fsp3) is 0.280. The molecular weight excluding hydrogens is 372 g/mol. The summed E-state index contributed by atoms with van der Waals surface area (Å²) in [5.41, 5.74) is 6.56. The Hall–Kier alpha value is -3.18. The molecule has 1 unspecified atom stereocenters. The number of rotatable bonds is 7. The molecule has 0 bridgehead atoms. The van der Waals surface area contributed by atoms with Gasteiger partial charge in [-0.3, -0.25) is 9.97 Å². The molecule has 0 saturated carbocycles. The summed E-state index contributed by atoms with van der Waals surface area (Å²) >= 11 is 0. The Morgan fingerprint density at radius 1 is 1.03 bits per heavy atom. The van der Waals surface area contributed by atoms with Gasteiger partial charge in [0.05, 0.1) is 18.1 Å². The van der Waals surface area contributed by atoms with Gasteiger partial charge in [-0.25, -0.2) is 0 Å². The molecule has 0 aliphatic heterocycles. The van der Waals surface area contributed by atoms with E-state index in [1.165, 1.54) is 0 Å². The highest BCUT2D eigenvalue weighted by molar-refractivity contribution is 5.93. The highest BCUT2D eigenvalue weighted by atomic mass is 16.5. The van der Waals surface area contributed by atoms with Gasteiger partial charge in [-0.05, 0) is 55.9 Å². The van der Waals surface area contributed by atoms with Gasteiger partial charge in [0, 0.05) is 54.6 Å². The third kappa shape index (κ3) is 4.21. The van der Waals surface area contributed by atoms with Crippen LogP contribution < -0.4 is 4.74 Å². The summed E-state index contributed by atoms with van der Waals surface area (Å²) in [7, 11) is 5.92. The summed E-state index contributed by atoms with van der Waals surface area (Å²) in [6.45, 7) is 4.28. The van der Waals surface area contributed by atoms with E-state index < -0.39 is 0 Å². The number of hydrogen-bond acceptors (Lipinski definition) is 4. The molecule has 1 atom stereocenters. The number of ether oxygens (including phenoxy) is 1. The lowest BCUT2D eigenvalue weighted by atomic mass is 10.0. The molecule has 30 heavy (non-hydrogen) atoms. The zero-order valence-electron chi connectivity index (χ0n) is 18.0. The van der Waals surface area contributed by atoms with Crippen molar-refractivity contribution in [2.45, 2.75) is 13.5 Å². The van der Waals surface area contributed by atoms with Crippen LogP contribution in [0.3, 0.4) is 0 Å². The number of nitrogens with zero attached hydrogens (tertiary/aromatic N) is 4. The van der Waals surface area contributed by atoms with E-state index in [0.29, 0.717) is 5.92 Å². The molecule has 5 nitrogen and oxygen atoms in total. The average molecular weight is 401 g/mol. The Bertz CT molecular complexity index is 1130. The first-order chi connectivity index (χ1) is 14.5. The quantitative estimate of drug-likeness (QED) is 0.439. The number of benzene rings is 1. The summed E-state index contributed by atoms with van der Waals surface area (Å²) in [6.07, 6.45) is 7.90. The summed E-state index contributed by atoms with van der Waals surface area (Å²) in [6, 6.07) is 14.4. The molecule has 0 aliphatic carbocycles. The van der Waals surface area contributed by atoms with Gasteiger partial charge in [-0.1, -0.05) is 19.1 Å². The second-order valence-electron chi connectivity index (χ2n) is 8.12. The van der Waals surface area contributed by atoms with Crippen molar-refractivity contribution in [3.63, 3.8) is 0 Å². The van der Waals surface area contributed by atoms with Crippen LogP contribution in [0.25, 0.3) is 33.3 Å². The first kappa shape index (κ1) is 20.1. The van der Waals surface area contributed by atoms with Gasteiger partial charge in [0.25, 0.3) is 0 Å². The molecule has 0 saturated heterocycles. The van der Waals surface area contributed by atoms with Crippen molar-refractivity contribution in [1.29, 1.82) is 0 Å². The monoisotopic (exact) mass is 400 g/mol. The molecule has 0 fully saturated rings. The van der Waals surface area contributed by atoms with Gasteiger partial charge in [0.15, 0.2) is 0 Å². The van der Waals surface area contributed by atoms with Crippen molar-refractivity contribution in [3.05, 3.63) is 67.3 Å². The molecular formula is C25H28N4O. The van der Waals surface area contributed by atoms with Crippen LogP contribution in [0, 0.1) is 5.92 Å². The van der Waals surface area contributed by atoms with Gasteiger partial charge in [-0.15, -0.1) is 0 Å². The highest BCUT2D eigenvalue weighted by Crippen LogP contribution is 2.32. The molecule has 154 valence electrons. The van der Waals surface area contributed by atoms with Crippen LogP contribution >= 0.6 is 0 Å². The van der Waals surface area contributed by atoms with E-state index in [0.717, 1.165) is 52.1 Å². The Morgan fingerprint density at radius 2 is 1.80 bits per heavy atom. The molecule has 4 aromatic rings. The molecule has 3 heterocycles. The molecule has 0 N–H and O–H groups in total. The Labute approximate surface area is 178 Å². The van der Waals surface area contributed by atoms with E-state index in [-0.39, 0.29) is 0 Å². The van der Waals surface area contributed by atoms with Gasteiger partial charge in [-0.2, -0.15) is 0 Å². The van der Waals surface area contributed by atoms with Crippen molar-refractivity contribution in [2.24, 2.45) is 5.92 Å². The minimum atomic E-state index is 0.535. The summed E-state index contributed by atoms with van der Waals surface area (Å²) in [5, 5.41) is 0. The first-order valence-electron chi connectivity index (χ1n) is 10.2. The second kappa shape index (κ2) is 8.67. The van der Waals surface area contributed by atoms with E-state index >= 15 is 0 Å². The van der Waals surface area contributed by atoms with E-state index in [4.69, 9.17) is 9.72 Å². The minimum Gasteiger partial charge on any atom is -0.497 e. The predicted octanol–water partition coefficient (Wildman–Crippen LogP) is 4.97. The van der Waals surface area contributed by atoms with Crippen molar-refractivity contribution in [1.82, 2.24) is 19.4 Å². The molecule has 0 amide bonds. The van der Waals surface area contributed by atoms with Crippen LogP contribution in [-0.4, -0.2) is 47.2 Å². The number of fused-ring (bicyclic) bond motifs is 1. The van der Waals surface area contributed by atoms with E-state index in [9.17, 15) is 0 Å². The molecule has 5 heteroatoms. The van der Waals surface area contributed by atoms with Gasteiger partial charge in [0.2, 0.25) is 0 Å². The van der Waals surface area contributed by atoms with Gasteiger partial charge >= 0.3 is 0 Å². The second-order valence-corrected chi connectivity index (χ2v) is 8.12. The highest BCUT2D eigenvalue weighted by Gasteiger charge is 2.14. The lowest BCUT2D eigenvalue weighted by Gasteiger charge is -2.17. The van der Waals surface area contributed by atoms with Crippen molar-refractivity contribution in [2.75, 3.05) is 27.7 Å². The fourth-order valence-electron chi connectivity index (χ4n) is 4.03. The van der Waals surface area contributed by atoms with E-state index in [1.54, 1.807) is 7.11 Å². The zero-order chi connectivity index (χ0) is 21.1. The van der Waals surface area contributed by atoms with Crippen LogP contribution in [0.2, 0.25) is 0 Å². The van der Waals surface area contributed by atoms with Crippen molar-refractivity contribution in [3.8, 4) is 28.0 Å². The van der Waals surface area contributed by atoms with Gasteiger partial charge < -0.3 is 14.2 Å². The fourth-order valence-corrected chi connectivity index (χ4v) is 4.03. The smallest absolute Gasteiger partial charge is 0.118 e. The number of pyridine rings is 2. The lowest BCUT2D eigenvalue weighted by Crippen LogP contribution is -2.22. The van der Waals surface area contributed by atoms with E-state index in [1.807, 2.05) is 36.8 Å². The minimum absolute atomic E-state index is 0.535. The van der Waals surface area contributed by atoms with Gasteiger partial charge in [0.1, 0.15) is 5.75 Å². The van der Waals surface area contributed by atoms with Crippen LogP contribution in [-0.2, 0) is 6.54 Å². The SMILES string of the molecule is COc1ccc(-c2cncc(-c3cn(CC(C)CN(C)C)c4cccnc34)c2)cc1. The van der Waals surface area contributed by atoms with Crippen LogP contribution in [0.5, 0.6) is 5.75 Å². The number of aromatic nitrogens is 3. The molecule has 4 rings (SSSR count). The average Bonchev–Trinajstić information content (AvgIpc) is 3.12. The maximum Gasteiger partial charge on any atom is 0.118 e. The van der Waals surface area contributed by atoms with E-state index in [2.05, 4.69) is 65.9 Å².